The molecule has 0 saturated heterocycles. The summed E-state index contributed by atoms with van der Waals surface area (Å²) in [6.07, 6.45) is 10.9. The number of rotatable bonds is 5. The molecular formula is C13H22N2S. The van der Waals surface area contributed by atoms with Gasteiger partial charge in [0.25, 0.3) is 0 Å². The summed E-state index contributed by atoms with van der Waals surface area (Å²) >= 11 is 2.02. The first-order valence-electron chi connectivity index (χ1n) is 6.41. The van der Waals surface area contributed by atoms with E-state index in [2.05, 4.69) is 17.6 Å². The molecule has 0 radical (unpaired) electrons. The standard InChI is InChI=1S/C13H22N2S/c1-16-12-4-2-11(3-5-12)15-10-13(6-7-13)8-9-14/h11-12,15H,2-8,10H2,1H3. The zero-order valence-electron chi connectivity index (χ0n) is 10.2. The van der Waals surface area contributed by atoms with Crippen molar-refractivity contribution in [1.29, 1.82) is 5.26 Å². The first-order valence-corrected chi connectivity index (χ1v) is 7.70. The van der Waals surface area contributed by atoms with Gasteiger partial charge in [0.1, 0.15) is 0 Å². The molecule has 16 heavy (non-hydrogen) atoms. The van der Waals surface area contributed by atoms with Crippen molar-refractivity contribution in [2.24, 2.45) is 5.41 Å². The van der Waals surface area contributed by atoms with E-state index in [9.17, 15) is 0 Å². The number of hydrogen-bond donors (Lipinski definition) is 1. The lowest BCUT2D eigenvalue weighted by Gasteiger charge is -2.29. The van der Waals surface area contributed by atoms with Crippen LogP contribution < -0.4 is 5.32 Å². The molecule has 0 aromatic heterocycles. The van der Waals surface area contributed by atoms with Crippen molar-refractivity contribution >= 4 is 11.8 Å². The molecule has 0 atom stereocenters. The number of thioether (sulfide) groups is 1. The molecule has 0 aromatic rings. The number of hydrogen-bond acceptors (Lipinski definition) is 3. The van der Waals surface area contributed by atoms with E-state index >= 15 is 0 Å². The van der Waals surface area contributed by atoms with Crippen LogP contribution in [0.4, 0.5) is 0 Å². The van der Waals surface area contributed by atoms with Crippen molar-refractivity contribution in [3.63, 3.8) is 0 Å². The normalized spacial score (nSPS) is 32.0. The summed E-state index contributed by atoms with van der Waals surface area (Å²) in [5.41, 5.74) is 0.366. The van der Waals surface area contributed by atoms with E-state index in [0.717, 1.165) is 24.3 Å². The smallest absolute Gasteiger partial charge is 0.0628 e. The Hall–Kier alpha value is -0.200. The lowest BCUT2D eigenvalue weighted by atomic mass is 9.94. The van der Waals surface area contributed by atoms with Gasteiger partial charge in [-0.25, -0.2) is 0 Å². The molecular weight excluding hydrogens is 216 g/mol. The molecule has 1 N–H and O–H groups in total. The zero-order chi connectivity index (χ0) is 11.4. The Morgan fingerprint density at radius 3 is 2.50 bits per heavy atom. The van der Waals surface area contributed by atoms with Crippen molar-refractivity contribution in [2.45, 2.75) is 56.2 Å². The predicted octanol–water partition coefficient (Wildman–Crippen LogP) is 2.94. The van der Waals surface area contributed by atoms with Crippen LogP contribution in [-0.4, -0.2) is 24.1 Å². The highest BCUT2D eigenvalue weighted by atomic mass is 32.2. The van der Waals surface area contributed by atoms with E-state index < -0.39 is 0 Å². The van der Waals surface area contributed by atoms with Crippen LogP contribution in [0.3, 0.4) is 0 Å². The highest BCUT2D eigenvalue weighted by Crippen LogP contribution is 2.48. The molecule has 0 aromatic carbocycles. The van der Waals surface area contributed by atoms with E-state index in [4.69, 9.17) is 5.26 Å². The van der Waals surface area contributed by atoms with Crippen LogP contribution >= 0.6 is 11.8 Å². The molecule has 0 aliphatic heterocycles. The molecule has 2 saturated carbocycles. The summed E-state index contributed by atoms with van der Waals surface area (Å²) in [7, 11) is 0. The fourth-order valence-corrected chi connectivity index (χ4v) is 3.37. The predicted molar refractivity (Wildman–Crippen MR) is 69.5 cm³/mol. The van der Waals surface area contributed by atoms with E-state index in [-0.39, 0.29) is 0 Å². The van der Waals surface area contributed by atoms with Crippen LogP contribution in [0.1, 0.15) is 44.9 Å². The highest BCUT2D eigenvalue weighted by Gasteiger charge is 2.42. The Morgan fingerprint density at radius 1 is 1.31 bits per heavy atom. The van der Waals surface area contributed by atoms with Crippen molar-refractivity contribution in [2.75, 3.05) is 12.8 Å². The van der Waals surface area contributed by atoms with Crippen molar-refractivity contribution in [3.05, 3.63) is 0 Å². The molecule has 2 fully saturated rings. The fourth-order valence-electron chi connectivity index (χ4n) is 2.62. The number of nitriles is 1. The third-order valence-corrected chi connectivity index (χ3v) is 5.32. The summed E-state index contributed by atoms with van der Waals surface area (Å²) in [5.74, 6) is 0. The van der Waals surface area contributed by atoms with Crippen LogP contribution in [0.5, 0.6) is 0 Å². The molecule has 90 valence electrons. The van der Waals surface area contributed by atoms with Gasteiger partial charge in [-0.05, 0) is 50.2 Å². The summed E-state index contributed by atoms with van der Waals surface area (Å²) < 4.78 is 0. The summed E-state index contributed by atoms with van der Waals surface area (Å²) in [5, 5.41) is 13.4. The largest absolute Gasteiger partial charge is 0.313 e. The van der Waals surface area contributed by atoms with Gasteiger partial charge in [0, 0.05) is 24.3 Å². The first-order chi connectivity index (χ1) is 7.78. The molecule has 2 aliphatic carbocycles. The zero-order valence-corrected chi connectivity index (χ0v) is 11.0. The highest BCUT2D eigenvalue weighted by molar-refractivity contribution is 7.99. The molecule has 2 aliphatic rings. The Kier molecular flexibility index (Phi) is 4.16. The second-order valence-electron chi connectivity index (χ2n) is 5.43. The summed E-state index contributed by atoms with van der Waals surface area (Å²) in [6.45, 7) is 1.08. The maximum Gasteiger partial charge on any atom is 0.0628 e. The van der Waals surface area contributed by atoms with Crippen LogP contribution in [0.2, 0.25) is 0 Å². The van der Waals surface area contributed by atoms with E-state index in [1.807, 2.05) is 11.8 Å². The topological polar surface area (TPSA) is 35.8 Å². The maximum absolute atomic E-state index is 8.76. The molecule has 3 heteroatoms. The molecule has 0 bridgehead atoms. The third-order valence-electron chi connectivity index (χ3n) is 4.18. The van der Waals surface area contributed by atoms with Gasteiger partial charge in [0.15, 0.2) is 0 Å². The minimum atomic E-state index is 0.366. The quantitative estimate of drug-likeness (QED) is 0.800. The average molecular weight is 238 g/mol. The Balaban J connectivity index is 1.66. The minimum Gasteiger partial charge on any atom is -0.313 e. The molecule has 2 rings (SSSR count). The van der Waals surface area contributed by atoms with Gasteiger partial charge in [-0.2, -0.15) is 17.0 Å². The van der Waals surface area contributed by atoms with Gasteiger partial charge in [-0.3, -0.25) is 0 Å². The number of nitrogens with zero attached hydrogens (tertiary/aromatic N) is 1. The third kappa shape index (κ3) is 3.15. The SMILES string of the molecule is CSC1CCC(NCC2(CC#N)CC2)CC1. The average Bonchev–Trinajstić information content (AvgIpc) is 3.08. The molecule has 0 amide bonds. The molecule has 0 heterocycles. The van der Waals surface area contributed by atoms with E-state index in [0.29, 0.717) is 5.41 Å². The van der Waals surface area contributed by atoms with Gasteiger partial charge in [-0.15, -0.1) is 0 Å². The van der Waals surface area contributed by atoms with Gasteiger partial charge < -0.3 is 5.32 Å². The van der Waals surface area contributed by atoms with E-state index in [1.165, 1.54) is 38.5 Å². The van der Waals surface area contributed by atoms with Gasteiger partial charge in [0.2, 0.25) is 0 Å². The second kappa shape index (κ2) is 5.42. The Morgan fingerprint density at radius 2 is 2.00 bits per heavy atom. The van der Waals surface area contributed by atoms with Crippen LogP contribution in [0, 0.1) is 16.7 Å². The van der Waals surface area contributed by atoms with Crippen molar-refractivity contribution < 1.29 is 0 Å². The molecule has 2 nitrogen and oxygen atoms in total. The minimum absolute atomic E-state index is 0.366. The summed E-state index contributed by atoms with van der Waals surface area (Å²) in [4.78, 5) is 0. The monoisotopic (exact) mass is 238 g/mol. The maximum atomic E-state index is 8.76. The van der Waals surface area contributed by atoms with Gasteiger partial charge >= 0.3 is 0 Å². The first kappa shape index (κ1) is 12.3. The molecule has 0 spiro atoms. The van der Waals surface area contributed by atoms with Crippen molar-refractivity contribution in [1.82, 2.24) is 5.32 Å². The van der Waals surface area contributed by atoms with Crippen LogP contribution in [0.15, 0.2) is 0 Å². The lowest BCUT2D eigenvalue weighted by molar-refractivity contribution is 0.344. The van der Waals surface area contributed by atoms with E-state index in [1.54, 1.807) is 0 Å². The van der Waals surface area contributed by atoms with Gasteiger partial charge in [-0.1, -0.05) is 0 Å². The van der Waals surface area contributed by atoms with Crippen molar-refractivity contribution in [3.8, 4) is 6.07 Å². The Bertz CT molecular complexity index is 260. The number of nitrogens with one attached hydrogen (secondary N) is 1. The lowest BCUT2D eigenvalue weighted by Crippen LogP contribution is -2.37. The Labute approximate surface area is 103 Å². The van der Waals surface area contributed by atoms with Crippen LogP contribution in [0.25, 0.3) is 0 Å². The van der Waals surface area contributed by atoms with Crippen LogP contribution in [-0.2, 0) is 0 Å². The van der Waals surface area contributed by atoms with Gasteiger partial charge in [0.05, 0.1) is 6.07 Å². The molecule has 0 unspecified atom stereocenters. The summed E-state index contributed by atoms with van der Waals surface area (Å²) in [6, 6.07) is 3.05. The second-order valence-corrected chi connectivity index (χ2v) is 6.56. The fraction of sp³-hybridized carbons (Fsp3) is 0.923.